The molecule has 2 aromatic carbocycles. The molecule has 0 radical (unpaired) electrons. The van der Waals surface area contributed by atoms with Crippen LogP contribution >= 0.6 is 63.9 Å². The van der Waals surface area contributed by atoms with Gasteiger partial charge in [0.2, 0.25) is 23.7 Å². The van der Waals surface area contributed by atoms with Crippen LogP contribution in [0, 0.1) is 11.8 Å². The number of nitrogens with zero attached hydrogens (tertiary/aromatic N) is 7. The van der Waals surface area contributed by atoms with Gasteiger partial charge in [0.1, 0.15) is 0 Å². The minimum absolute atomic E-state index is 0. The molecule has 299 valence electrons. The van der Waals surface area contributed by atoms with Gasteiger partial charge < -0.3 is 0 Å². The Morgan fingerprint density at radius 3 is 1.53 bits per heavy atom. The maximum absolute atomic E-state index is 12.0. The van der Waals surface area contributed by atoms with Crippen molar-refractivity contribution in [3.63, 3.8) is 0 Å². The van der Waals surface area contributed by atoms with Crippen molar-refractivity contribution >= 4 is 109 Å². The standard InChI is InChI=1S/C21H23N5O3S.C18H18N4O.3HI.V/c27-20(17-8-9-17)23-21-22-19-3-1-2-18(26(19)24-21)16-6-4-15(5-7-16)14-25-10-12-30(28,29)13-11-25;1-2-12-6-8-13(9-7-12)15-4-3-5-16-19-18(21-22(15)16)20-17(23)14-10-11-14;;;;/h1-7,17H,8-14H2,(H,23,24,27);3-9,14H,2,10-11H2,1H3,(H,20,21,23);3*1H;/q;;;;;+2/p-2. The molecule has 2 saturated carbocycles. The Kier molecular flexibility index (Phi) is 15.4. The summed E-state index contributed by atoms with van der Waals surface area (Å²) < 4.78 is 26.7. The van der Waals surface area contributed by atoms with Crippen LogP contribution in [0.1, 0.15) is 43.7 Å². The normalized spacial score (nSPS) is 16.0. The van der Waals surface area contributed by atoms with Crippen LogP contribution in [0.4, 0.5) is 11.9 Å². The van der Waals surface area contributed by atoms with Gasteiger partial charge in [-0.2, -0.15) is 9.97 Å². The molecule has 3 fully saturated rings. The number of amides is 2. The average molecular weight is 1160 g/mol. The summed E-state index contributed by atoms with van der Waals surface area (Å²) in [5, 5.41) is 14.5. The van der Waals surface area contributed by atoms with Crippen molar-refractivity contribution in [3.05, 3.63) is 96.1 Å². The van der Waals surface area contributed by atoms with Crippen molar-refractivity contribution in [3.8, 4) is 22.5 Å². The Morgan fingerprint density at radius 2 is 1.12 bits per heavy atom. The Hall–Kier alpha value is -2.70. The van der Waals surface area contributed by atoms with Crippen molar-refractivity contribution in [2.45, 2.75) is 45.6 Å². The van der Waals surface area contributed by atoms with Crippen LogP contribution in [-0.2, 0) is 41.9 Å². The topological polar surface area (TPSA) is 156 Å². The van der Waals surface area contributed by atoms with E-state index >= 15 is 0 Å². The van der Waals surface area contributed by atoms with Gasteiger partial charge in [0.05, 0.1) is 22.9 Å². The second kappa shape index (κ2) is 20.0. The first-order valence-electron chi connectivity index (χ1n) is 18.5. The van der Waals surface area contributed by atoms with Gasteiger partial charge in [-0.05, 0) is 67.5 Å². The number of aryl methyl sites for hydroxylation is 1. The Balaban J connectivity index is 0.000000183. The number of pyridine rings is 2. The number of carbonyl (C=O) groups excluding carboxylic acids is 2. The molecule has 0 atom stereocenters. The van der Waals surface area contributed by atoms with Gasteiger partial charge >= 0.3 is 49.4 Å². The molecule has 2 aliphatic carbocycles. The Labute approximate surface area is 377 Å². The van der Waals surface area contributed by atoms with E-state index in [9.17, 15) is 18.0 Å². The number of rotatable bonds is 9. The molecule has 18 heteroatoms. The minimum atomic E-state index is -2.86. The number of anilines is 2. The summed E-state index contributed by atoms with van der Waals surface area (Å²) in [6.07, 6.45) is 4.82. The summed E-state index contributed by atoms with van der Waals surface area (Å²) in [7, 11) is -2.23. The van der Waals surface area contributed by atoms with Gasteiger partial charge in [-0.1, -0.05) is 67.6 Å². The van der Waals surface area contributed by atoms with E-state index in [1.165, 1.54) is 5.56 Å². The van der Waals surface area contributed by atoms with E-state index in [-0.39, 0.29) is 59.1 Å². The van der Waals surface area contributed by atoms with E-state index in [4.69, 9.17) is 0 Å². The predicted octanol–water partition coefficient (Wildman–Crippen LogP) is 7.67. The molecule has 13 nitrogen and oxygen atoms in total. The van der Waals surface area contributed by atoms with Crippen LogP contribution < -0.4 is 10.6 Å². The third-order valence-electron chi connectivity index (χ3n) is 9.84. The molecule has 1 aliphatic heterocycles. The molecule has 3 aliphatic rings. The summed E-state index contributed by atoms with van der Waals surface area (Å²) >= 11 is 4.74. The summed E-state index contributed by atoms with van der Waals surface area (Å²) in [5.41, 5.74) is 7.78. The van der Waals surface area contributed by atoms with Gasteiger partial charge in [-0.25, -0.2) is 17.4 Å². The fraction of sp³-hybridized carbons (Fsp3) is 0.333. The number of nitrogens with one attached hydrogen (secondary N) is 2. The number of halogens is 3. The van der Waals surface area contributed by atoms with Gasteiger partial charge in [-0.3, -0.25) is 25.1 Å². The predicted molar refractivity (Wildman–Crippen MR) is 246 cm³/mol. The average Bonchev–Trinajstić information content (AvgIpc) is 4.14. The summed E-state index contributed by atoms with van der Waals surface area (Å²) in [6.45, 7) is 4.04. The van der Waals surface area contributed by atoms with Crippen LogP contribution in [0.5, 0.6) is 0 Å². The third kappa shape index (κ3) is 11.7. The molecule has 2 amide bonds. The number of benzene rings is 2. The summed E-state index contributed by atoms with van der Waals surface area (Å²) in [5.74, 6) is 1.43. The van der Waals surface area contributed by atoms with Gasteiger partial charge in [0, 0.05) is 42.6 Å². The van der Waals surface area contributed by atoms with Gasteiger partial charge in [0.25, 0.3) is 0 Å². The van der Waals surface area contributed by atoms with Crippen molar-refractivity contribution in [1.82, 2.24) is 34.1 Å². The number of fused-ring (bicyclic) bond motifs is 2. The number of carbonyl (C=O) groups is 2. The molecule has 0 unspecified atom stereocenters. The zero-order chi connectivity index (χ0) is 39.2. The number of hydrogen-bond donors (Lipinski definition) is 2. The Morgan fingerprint density at radius 1 is 0.702 bits per heavy atom. The molecule has 0 spiro atoms. The van der Waals surface area contributed by atoms with Crippen molar-refractivity contribution in [2.75, 3.05) is 35.2 Å². The van der Waals surface area contributed by atoms with E-state index in [1.54, 1.807) is 9.03 Å². The second-order valence-corrected chi connectivity index (χ2v) is 28.1. The molecular formula is C39H42I3N9O4SV. The fourth-order valence-corrected chi connectivity index (χ4v) is 7.60. The molecule has 2 N–H and O–H groups in total. The van der Waals surface area contributed by atoms with Crippen LogP contribution in [0.25, 0.3) is 33.8 Å². The van der Waals surface area contributed by atoms with Crippen LogP contribution in [0.15, 0.2) is 84.9 Å². The van der Waals surface area contributed by atoms with Crippen molar-refractivity contribution < 1.29 is 27.5 Å². The Bertz CT molecular complexity index is 2430. The van der Waals surface area contributed by atoms with E-state index in [2.05, 4.69) is 119 Å². The van der Waals surface area contributed by atoms with Crippen LogP contribution in [0.2, 0.25) is 0 Å². The first-order valence-corrected chi connectivity index (χ1v) is 29.3. The zero-order valence-electron chi connectivity index (χ0n) is 31.1. The molecule has 4 aromatic heterocycles. The molecule has 6 aromatic rings. The van der Waals surface area contributed by atoms with Crippen molar-refractivity contribution in [1.29, 1.82) is 0 Å². The second-order valence-electron chi connectivity index (χ2n) is 14.0. The molecule has 57 heavy (non-hydrogen) atoms. The zero-order valence-corrected chi connectivity index (χ0v) is 40.0. The first-order chi connectivity index (χ1) is 27.1. The third-order valence-corrected chi connectivity index (χ3v) is 11.4. The molecule has 9 rings (SSSR count). The van der Waals surface area contributed by atoms with Gasteiger partial charge in [-0.15, -0.1) is 34.2 Å². The molecule has 1 saturated heterocycles. The van der Waals surface area contributed by atoms with E-state index in [0.29, 0.717) is 40.1 Å². The number of hydrogen-bond acceptors (Lipinski definition) is 9. The van der Waals surface area contributed by atoms with E-state index in [0.717, 1.165) is 72.4 Å². The van der Waals surface area contributed by atoms with E-state index < -0.39 is 9.84 Å². The summed E-state index contributed by atoms with van der Waals surface area (Å²) in [6, 6.07) is 28.3. The molecule has 0 bridgehead atoms. The summed E-state index contributed by atoms with van der Waals surface area (Å²) in [4.78, 5) is 34.9. The fourth-order valence-electron chi connectivity index (χ4n) is 6.33. The first kappa shape index (κ1) is 43.9. The number of sulfone groups is 1. The molecule has 5 heterocycles. The van der Waals surface area contributed by atoms with Crippen LogP contribution in [-0.4, -0.2) is 78.9 Å². The van der Waals surface area contributed by atoms with Crippen molar-refractivity contribution in [2.24, 2.45) is 11.8 Å². The SMILES string of the molecule is CCc1ccc(-c2cccc3nc(NC(=O)C4CC4)nn23)cc1.I.O=C(Nc1nc2cccc(-c3ccc(CN4CCS(=O)(=O)CC4)cc3)n2n1)C1CC1.[I][V][I]. The molecular weight excluding hydrogens is 1120 g/mol. The van der Waals surface area contributed by atoms with Gasteiger partial charge in [0.15, 0.2) is 21.1 Å². The van der Waals surface area contributed by atoms with E-state index in [1.807, 2.05) is 48.5 Å². The number of aromatic nitrogens is 6. The van der Waals surface area contributed by atoms with Crippen LogP contribution in [0.3, 0.4) is 0 Å². The monoisotopic (exact) mass is 1160 g/mol. The maximum atomic E-state index is 12.0. The quantitative estimate of drug-likeness (QED) is 0.139.